The van der Waals surface area contributed by atoms with Crippen molar-refractivity contribution in [3.05, 3.63) is 77.7 Å². The normalized spacial score (nSPS) is 12.3. The summed E-state index contributed by atoms with van der Waals surface area (Å²) in [4.78, 5) is 0. The Morgan fingerprint density at radius 3 is 2.61 bits per heavy atom. The molecule has 0 saturated heterocycles. The SMILES string of the molecule is CCOC(O)c1cc(Cc2cccc(-c3ccccc3)c2)on1. The molecule has 2 aromatic carbocycles. The van der Waals surface area contributed by atoms with Crippen LogP contribution in [0.15, 0.2) is 65.2 Å². The lowest BCUT2D eigenvalue weighted by Gasteiger charge is -2.05. The average Bonchev–Trinajstić information content (AvgIpc) is 3.05. The van der Waals surface area contributed by atoms with Crippen LogP contribution in [-0.2, 0) is 11.2 Å². The van der Waals surface area contributed by atoms with E-state index in [0.717, 1.165) is 11.1 Å². The number of nitrogens with zero attached hydrogens (tertiary/aromatic N) is 1. The fourth-order valence-electron chi connectivity index (χ4n) is 2.46. The molecule has 0 aliphatic heterocycles. The number of hydrogen-bond donors (Lipinski definition) is 1. The second kappa shape index (κ2) is 7.22. The van der Waals surface area contributed by atoms with Gasteiger partial charge in [0.05, 0.1) is 0 Å². The molecule has 3 aromatic rings. The van der Waals surface area contributed by atoms with Gasteiger partial charge in [-0.1, -0.05) is 59.8 Å². The monoisotopic (exact) mass is 309 g/mol. The van der Waals surface area contributed by atoms with Gasteiger partial charge in [-0.3, -0.25) is 0 Å². The van der Waals surface area contributed by atoms with E-state index in [4.69, 9.17) is 9.26 Å². The first kappa shape index (κ1) is 15.5. The molecular formula is C19H19NO3. The highest BCUT2D eigenvalue weighted by molar-refractivity contribution is 5.64. The van der Waals surface area contributed by atoms with Crippen molar-refractivity contribution in [3.8, 4) is 11.1 Å². The first-order valence-electron chi connectivity index (χ1n) is 7.66. The quantitative estimate of drug-likeness (QED) is 0.700. The van der Waals surface area contributed by atoms with E-state index in [0.29, 0.717) is 24.5 Å². The summed E-state index contributed by atoms with van der Waals surface area (Å²) in [5, 5.41) is 13.6. The molecule has 23 heavy (non-hydrogen) atoms. The lowest BCUT2D eigenvalue weighted by atomic mass is 10.0. The van der Waals surface area contributed by atoms with Crippen molar-refractivity contribution >= 4 is 0 Å². The van der Waals surface area contributed by atoms with Crippen LogP contribution in [0.3, 0.4) is 0 Å². The van der Waals surface area contributed by atoms with Gasteiger partial charge >= 0.3 is 0 Å². The first-order valence-corrected chi connectivity index (χ1v) is 7.66. The second-order valence-corrected chi connectivity index (χ2v) is 5.27. The lowest BCUT2D eigenvalue weighted by molar-refractivity contribution is -0.102. The maximum atomic E-state index is 9.75. The largest absolute Gasteiger partial charge is 0.363 e. The fraction of sp³-hybridized carbons (Fsp3) is 0.211. The molecule has 0 aliphatic carbocycles. The van der Waals surface area contributed by atoms with Crippen LogP contribution >= 0.6 is 0 Å². The predicted octanol–water partition coefficient (Wildman–Crippen LogP) is 3.96. The average molecular weight is 309 g/mol. The zero-order valence-corrected chi connectivity index (χ0v) is 13.0. The molecule has 1 unspecified atom stereocenters. The molecule has 1 atom stereocenters. The highest BCUT2D eigenvalue weighted by Crippen LogP contribution is 2.22. The van der Waals surface area contributed by atoms with Gasteiger partial charge in [0.25, 0.3) is 0 Å². The van der Waals surface area contributed by atoms with Gasteiger partial charge < -0.3 is 14.4 Å². The van der Waals surface area contributed by atoms with Crippen molar-refractivity contribution in [2.45, 2.75) is 19.6 Å². The summed E-state index contributed by atoms with van der Waals surface area (Å²) in [7, 11) is 0. The summed E-state index contributed by atoms with van der Waals surface area (Å²) in [6, 6.07) is 20.3. The van der Waals surface area contributed by atoms with Gasteiger partial charge in [-0.05, 0) is 23.6 Å². The van der Waals surface area contributed by atoms with Gasteiger partial charge in [0.2, 0.25) is 6.29 Å². The van der Waals surface area contributed by atoms with Gasteiger partial charge in [-0.2, -0.15) is 0 Å². The van der Waals surface area contributed by atoms with Gasteiger partial charge in [0, 0.05) is 19.1 Å². The smallest absolute Gasteiger partial charge is 0.202 e. The number of aliphatic hydroxyl groups is 1. The molecule has 0 fully saturated rings. The van der Waals surface area contributed by atoms with Crippen LogP contribution in [0.1, 0.15) is 30.2 Å². The van der Waals surface area contributed by atoms with Gasteiger partial charge in [0.15, 0.2) is 0 Å². The Hall–Kier alpha value is -2.43. The number of hydrogen-bond acceptors (Lipinski definition) is 4. The van der Waals surface area contributed by atoms with Crippen LogP contribution in [0.4, 0.5) is 0 Å². The van der Waals surface area contributed by atoms with E-state index in [2.05, 4.69) is 29.4 Å². The topological polar surface area (TPSA) is 55.5 Å². The zero-order valence-electron chi connectivity index (χ0n) is 13.0. The molecule has 3 rings (SSSR count). The van der Waals surface area contributed by atoms with Crippen LogP contribution in [0.25, 0.3) is 11.1 Å². The summed E-state index contributed by atoms with van der Waals surface area (Å²) in [5.41, 5.74) is 3.87. The molecule has 0 spiro atoms. The maximum absolute atomic E-state index is 9.75. The number of aliphatic hydroxyl groups excluding tert-OH is 1. The highest BCUT2D eigenvalue weighted by Gasteiger charge is 2.13. The Bertz CT molecular complexity index is 752. The van der Waals surface area contributed by atoms with Crippen LogP contribution in [0.5, 0.6) is 0 Å². The van der Waals surface area contributed by atoms with E-state index in [9.17, 15) is 5.11 Å². The van der Waals surface area contributed by atoms with Crippen LogP contribution < -0.4 is 0 Å². The van der Waals surface area contributed by atoms with Crippen molar-refractivity contribution < 1.29 is 14.4 Å². The van der Waals surface area contributed by atoms with E-state index < -0.39 is 6.29 Å². The molecule has 0 aliphatic rings. The molecule has 4 heteroatoms. The molecular weight excluding hydrogens is 290 g/mol. The van der Waals surface area contributed by atoms with Crippen molar-refractivity contribution in [2.24, 2.45) is 0 Å². The van der Waals surface area contributed by atoms with Crippen LogP contribution in [0.2, 0.25) is 0 Å². The van der Waals surface area contributed by atoms with Crippen molar-refractivity contribution in [1.82, 2.24) is 5.16 Å². The van der Waals surface area contributed by atoms with E-state index >= 15 is 0 Å². The highest BCUT2D eigenvalue weighted by atomic mass is 16.6. The summed E-state index contributed by atoms with van der Waals surface area (Å²) < 4.78 is 10.4. The van der Waals surface area contributed by atoms with Crippen molar-refractivity contribution in [2.75, 3.05) is 6.61 Å². The number of rotatable bonds is 6. The third kappa shape index (κ3) is 3.86. The number of benzene rings is 2. The van der Waals surface area contributed by atoms with Crippen molar-refractivity contribution in [1.29, 1.82) is 0 Å². The maximum Gasteiger partial charge on any atom is 0.202 e. The third-order valence-corrected chi connectivity index (χ3v) is 3.57. The summed E-state index contributed by atoms with van der Waals surface area (Å²) in [6.07, 6.45) is -0.417. The Kier molecular flexibility index (Phi) is 4.86. The predicted molar refractivity (Wildman–Crippen MR) is 87.8 cm³/mol. The van der Waals surface area contributed by atoms with E-state index in [1.54, 1.807) is 6.07 Å². The molecule has 1 aromatic heterocycles. The fourth-order valence-corrected chi connectivity index (χ4v) is 2.46. The zero-order chi connectivity index (χ0) is 16.1. The molecule has 1 heterocycles. The molecule has 4 nitrogen and oxygen atoms in total. The van der Waals surface area contributed by atoms with Gasteiger partial charge in [-0.25, -0.2) is 0 Å². The third-order valence-electron chi connectivity index (χ3n) is 3.57. The van der Waals surface area contributed by atoms with E-state index in [-0.39, 0.29) is 0 Å². The van der Waals surface area contributed by atoms with Gasteiger partial charge in [-0.15, -0.1) is 0 Å². The number of aromatic nitrogens is 1. The molecule has 118 valence electrons. The van der Waals surface area contributed by atoms with E-state index in [1.807, 2.05) is 37.3 Å². The van der Waals surface area contributed by atoms with Crippen LogP contribution in [-0.4, -0.2) is 16.9 Å². The molecule has 0 saturated carbocycles. The minimum atomic E-state index is -1.03. The Balaban J connectivity index is 1.76. The van der Waals surface area contributed by atoms with E-state index in [1.165, 1.54) is 5.56 Å². The molecule has 0 bridgehead atoms. The number of ether oxygens (including phenoxy) is 1. The minimum absolute atomic E-state index is 0.404. The second-order valence-electron chi connectivity index (χ2n) is 5.27. The Labute approximate surface area is 135 Å². The minimum Gasteiger partial charge on any atom is -0.363 e. The summed E-state index contributed by atoms with van der Waals surface area (Å²) in [6.45, 7) is 2.24. The van der Waals surface area contributed by atoms with Crippen molar-refractivity contribution in [3.63, 3.8) is 0 Å². The Morgan fingerprint density at radius 2 is 1.83 bits per heavy atom. The first-order chi connectivity index (χ1) is 11.3. The standard InChI is InChI=1S/C19H19NO3/c1-2-22-19(21)18-13-17(23-20-18)12-14-7-6-10-16(11-14)15-8-4-3-5-9-15/h3-11,13,19,21H,2,12H2,1H3. The van der Waals surface area contributed by atoms with Crippen LogP contribution in [0, 0.1) is 0 Å². The Morgan fingerprint density at radius 1 is 1.04 bits per heavy atom. The van der Waals surface area contributed by atoms with Gasteiger partial charge in [0.1, 0.15) is 11.5 Å². The summed E-state index contributed by atoms with van der Waals surface area (Å²) >= 11 is 0. The molecule has 1 N–H and O–H groups in total. The molecule has 0 radical (unpaired) electrons. The summed E-state index contributed by atoms with van der Waals surface area (Å²) in [5.74, 6) is 0.698. The molecule has 0 amide bonds. The lowest BCUT2D eigenvalue weighted by Crippen LogP contribution is -2.02.